The van der Waals surface area contributed by atoms with E-state index in [1.54, 1.807) is 30.3 Å². The molecule has 0 fully saturated rings. The summed E-state index contributed by atoms with van der Waals surface area (Å²) in [4.78, 5) is 13.1. The summed E-state index contributed by atoms with van der Waals surface area (Å²) < 4.78 is 28.8. The molecule has 1 atom stereocenters. The van der Waals surface area contributed by atoms with Crippen molar-refractivity contribution in [2.45, 2.75) is 31.7 Å². The Bertz CT molecular complexity index is 1160. The van der Waals surface area contributed by atoms with E-state index >= 15 is 0 Å². The fourth-order valence-electron chi connectivity index (χ4n) is 3.36. The Balaban J connectivity index is 1.89. The van der Waals surface area contributed by atoms with Gasteiger partial charge in [-0.3, -0.25) is 9.10 Å². The van der Waals surface area contributed by atoms with Crippen LogP contribution in [0.2, 0.25) is 0 Å². The second kappa shape index (κ2) is 9.82. The molecule has 0 aromatic heterocycles. The molecule has 0 spiro atoms. The third-order valence-electron chi connectivity index (χ3n) is 5.01. The van der Waals surface area contributed by atoms with Crippen LogP contribution in [0.5, 0.6) is 0 Å². The smallest absolute Gasteiger partial charge is 0.264 e. The molecule has 0 saturated heterocycles. The number of anilines is 1. The van der Waals surface area contributed by atoms with Crippen LogP contribution in [-0.2, 0) is 14.8 Å². The third-order valence-corrected chi connectivity index (χ3v) is 7.52. The highest BCUT2D eigenvalue weighted by Crippen LogP contribution is 2.25. The van der Waals surface area contributed by atoms with Crippen LogP contribution in [-0.4, -0.2) is 20.9 Å². The number of sulfonamides is 1. The summed E-state index contributed by atoms with van der Waals surface area (Å²) in [5.74, 6) is -0.369. The topological polar surface area (TPSA) is 66.5 Å². The number of benzene rings is 3. The Labute approximate surface area is 197 Å². The Kier molecular flexibility index (Phi) is 7.38. The van der Waals surface area contributed by atoms with E-state index in [1.165, 1.54) is 12.1 Å². The Morgan fingerprint density at radius 2 is 1.65 bits per heavy atom. The van der Waals surface area contributed by atoms with Gasteiger partial charge in [0.2, 0.25) is 5.91 Å². The van der Waals surface area contributed by atoms with Gasteiger partial charge >= 0.3 is 0 Å². The summed E-state index contributed by atoms with van der Waals surface area (Å²) in [7, 11) is -3.91. The molecular weight excluding hydrogens is 523 g/mol. The molecule has 1 N–H and O–H groups in total. The van der Waals surface area contributed by atoms with Crippen molar-refractivity contribution in [2.24, 2.45) is 0 Å². The number of carbonyl (C=O) groups is 1. The SMILES string of the molecule is Cc1ccc(C)c(C(C)NC(=O)CN(c2ccc(I)cc2)S(=O)(=O)c2ccccc2)c1. The van der Waals surface area contributed by atoms with Crippen LogP contribution in [0.25, 0.3) is 0 Å². The third kappa shape index (κ3) is 5.65. The van der Waals surface area contributed by atoms with E-state index in [0.29, 0.717) is 5.69 Å². The number of aryl methyl sites for hydroxylation is 2. The van der Waals surface area contributed by atoms with E-state index in [-0.39, 0.29) is 23.4 Å². The molecule has 7 heteroatoms. The van der Waals surface area contributed by atoms with Crippen LogP contribution in [0.15, 0.2) is 77.7 Å². The molecule has 3 rings (SSSR count). The fraction of sp³-hybridized carbons (Fsp3) is 0.208. The molecule has 3 aromatic carbocycles. The van der Waals surface area contributed by atoms with Crippen LogP contribution < -0.4 is 9.62 Å². The largest absolute Gasteiger partial charge is 0.348 e. The average Bonchev–Trinajstić information content (AvgIpc) is 2.75. The highest BCUT2D eigenvalue weighted by molar-refractivity contribution is 14.1. The van der Waals surface area contributed by atoms with Crippen molar-refractivity contribution in [3.05, 3.63) is 93.1 Å². The van der Waals surface area contributed by atoms with E-state index in [9.17, 15) is 13.2 Å². The van der Waals surface area contributed by atoms with Crippen molar-refractivity contribution < 1.29 is 13.2 Å². The molecule has 162 valence electrons. The molecule has 0 aliphatic rings. The summed E-state index contributed by atoms with van der Waals surface area (Å²) in [5.41, 5.74) is 3.64. The maximum Gasteiger partial charge on any atom is 0.264 e. The van der Waals surface area contributed by atoms with Crippen molar-refractivity contribution in [3.63, 3.8) is 0 Å². The maximum atomic E-state index is 13.4. The van der Waals surface area contributed by atoms with Gasteiger partial charge < -0.3 is 5.32 Å². The van der Waals surface area contributed by atoms with Crippen LogP contribution in [0, 0.1) is 17.4 Å². The van der Waals surface area contributed by atoms with E-state index in [0.717, 1.165) is 24.6 Å². The first-order chi connectivity index (χ1) is 14.7. The van der Waals surface area contributed by atoms with Gasteiger partial charge in [-0.1, -0.05) is 42.0 Å². The number of rotatable bonds is 7. The number of halogens is 1. The highest BCUT2D eigenvalue weighted by atomic mass is 127. The molecule has 1 amide bonds. The first-order valence-corrected chi connectivity index (χ1v) is 12.4. The number of carbonyl (C=O) groups excluding carboxylic acids is 1. The molecule has 0 saturated carbocycles. The van der Waals surface area contributed by atoms with E-state index in [4.69, 9.17) is 0 Å². The lowest BCUT2D eigenvalue weighted by Gasteiger charge is -2.25. The van der Waals surface area contributed by atoms with Gasteiger partial charge in [0.25, 0.3) is 10.0 Å². The van der Waals surface area contributed by atoms with Gasteiger partial charge in [0.15, 0.2) is 0 Å². The minimum absolute atomic E-state index is 0.143. The molecule has 5 nitrogen and oxygen atoms in total. The van der Waals surface area contributed by atoms with Gasteiger partial charge in [-0.2, -0.15) is 0 Å². The average molecular weight is 548 g/mol. The molecule has 0 heterocycles. The van der Waals surface area contributed by atoms with Crippen LogP contribution >= 0.6 is 22.6 Å². The van der Waals surface area contributed by atoms with E-state index in [2.05, 4.69) is 27.9 Å². The lowest BCUT2D eigenvalue weighted by molar-refractivity contribution is -0.120. The number of amides is 1. The van der Waals surface area contributed by atoms with Gasteiger partial charge in [-0.15, -0.1) is 0 Å². The number of hydrogen-bond acceptors (Lipinski definition) is 3. The molecule has 0 aliphatic heterocycles. The van der Waals surface area contributed by atoms with Crippen LogP contribution in [0.4, 0.5) is 5.69 Å². The highest BCUT2D eigenvalue weighted by Gasteiger charge is 2.27. The number of nitrogens with one attached hydrogen (secondary N) is 1. The molecule has 3 aromatic rings. The summed E-state index contributed by atoms with van der Waals surface area (Å²) in [5, 5.41) is 2.95. The number of nitrogens with zero attached hydrogens (tertiary/aromatic N) is 1. The lowest BCUT2D eigenvalue weighted by Crippen LogP contribution is -2.41. The van der Waals surface area contributed by atoms with Gasteiger partial charge in [-0.25, -0.2) is 8.42 Å². The zero-order chi connectivity index (χ0) is 22.6. The normalized spacial score (nSPS) is 12.3. The van der Waals surface area contributed by atoms with Gasteiger partial charge in [0, 0.05) is 3.57 Å². The van der Waals surface area contributed by atoms with Gasteiger partial charge in [0.05, 0.1) is 16.6 Å². The number of hydrogen-bond donors (Lipinski definition) is 1. The van der Waals surface area contributed by atoms with Crippen LogP contribution in [0.3, 0.4) is 0 Å². The molecule has 1 unspecified atom stereocenters. The molecule has 31 heavy (non-hydrogen) atoms. The maximum absolute atomic E-state index is 13.4. The zero-order valence-corrected chi connectivity index (χ0v) is 20.6. The van der Waals surface area contributed by atoms with Gasteiger partial charge in [0.1, 0.15) is 6.54 Å². The second-order valence-electron chi connectivity index (χ2n) is 7.45. The molecule has 0 radical (unpaired) electrons. The van der Waals surface area contributed by atoms with Crippen molar-refractivity contribution in [1.29, 1.82) is 0 Å². The fourth-order valence-corrected chi connectivity index (χ4v) is 5.17. The summed E-state index contributed by atoms with van der Waals surface area (Å²) >= 11 is 2.16. The predicted molar refractivity (Wildman–Crippen MR) is 133 cm³/mol. The second-order valence-corrected chi connectivity index (χ2v) is 10.6. The van der Waals surface area contributed by atoms with Crippen molar-refractivity contribution in [1.82, 2.24) is 5.32 Å². The first kappa shape index (κ1) is 23.3. The summed E-state index contributed by atoms with van der Waals surface area (Å²) in [6, 6.07) is 21.1. The quantitative estimate of drug-likeness (QED) is 0.424. The van der Waals surface area contributed by atoms with Crippen molar-refractivity contribution in [3.8, 4) is 0 Å². The first-order valence-electron chi connectivity index (χ1n) is 9.88. The Morgan fingerprint density at radius 1 is 1.00 bits per heavy atom. The zero-order valence-electron chi connectivity index (χ0n) is 17.7. The van der Waals surface area contributed by atoms with E-state index < -0.39 is 10.0 Å². The van der Waals surface area contributed by atoms with Gasteiger partial charge in [-0.05, 0) is 90.9 Å². The monoisotopic (exact) mass is 548 g/mol. The van der Waals surface area contributed by atoms with Crippen molar-refractivity contribution in [2.75, 3.05) is 10.8 Å². The minimum Gasteiger partial charge on any atom is -0.348 e. The molecular formula is C24H25IN2O3S. The standard InChI is InChI=1S/C24H25IN2O3S/c1-17-9-10-18(2)23(15-17)19(3)26-24(28)16-27(21-13-11-20(25)12-14-21)31(29,30)22-7-5-4-6-8-22/h4-15,19H,16H2,1-3H3,(H,26,28). The summed E-state index contributed by atoms with van der Waals surface area (Å²) in [6.45, 7) is 5.59. The molecule has 0 bridgehead atoms. The van der Waals surface area contributed by atoms with E-state index in [1.807, 2.05) is 51.1 Å². The van der Waals surface area contributed by atoms with Crippen LogP contribution in [0.1, 0.15) is 29.7 Å². The Hall–Kier alpha value is -2.39. The lowest BCUT2D eigenvalue weighted by atomic mass is 10.00. The minimum atomic E-state index is -3.91. The predicted octanol–water partition coefficient (Wildman–Crippen LogP) is 4.98. The van der Waals surface area contributed by atoms with Crippen molar-refractivity contribution >= 4 is 44.2 Å². The summed E-state index contributed by atoms with van der Waals surface area (Å²) in [6.07, 6.45) is 0. The Morgan fingerprint density at radius 3 is 2.29 bits per heavy atom. The molecule has 0 aliphatic carbocycles.